The number of hydrogen-bond donors (Lipinski definition) is 2. The number of rotatable bonds is 3. The molecule has 0 unspecified atom stereocenters. The quantitative estimate of drug-likeness (QED) is 0.668. The van der Waals surface area contributed by atoms with Gasteiger partial charge in [-0.25, -0.2) is 4.79 Å². The van der Waals surface area contributed by atoms with Gasteiger partial charge < -0.3 is 10.0 Å². The summed E-state index contributed by atoms with van der Waals surface area (Å²) in [6, 6.07) is -0.989. The molecule has 0 aliphatic carbocycles. The number of aliphatic carboxylic acids is 1. The number of carboxylic acid groups (broad SMARTS) is 1. The third kappa shape index (κ3) is 2.95. The first-order valence-corrected chi connectivity index (χ1v) is 5.15. The molecule has 84 valence electrons. The van der Waals surface area contributed by atoms with Crippen molar-refractivity contribution >= 4 is 30.3 Å². The van der Waals surface area contributed by atoms with Gasteiger partial charge in [0.25, 0.3) is 0 Å². The molecule has 0 aromatic heterocycles. The molecule has 1 heterocycles. The third-order valence-electron chi connectivity index (χ3n) is 2.22. The van der Waals surface area contributed by atoms with E-state index in [0.717, 1.165) is 4.90 Å². The maximum Gasteiger partial charge on any atom is 0.326 e. The summed E-state index contributed by atoms with van der Waals surface area (Å²) in [5, 5.41) is 8.68. The number of ketones is 1. The van der Waals surface area contributed by atoms with E-state index in [2.05, 4.69) is 12.6 Å². The van der Waals surface area contributed by atoms with Gasteiger partial charge >= 0.3 is 5.97 Å². The summed E-state index contributed by atoms with van der Waals surface area (Å²) in [6.07, 6.45) is 0.0716. The van der Waals surface area contributed by atoms with Gasteiger partial charge in [-0.05, 0) is 0 Å². The molecular formula is C9H13NO4S. The van der Waals surface area contributed by atoms with Crippen LogP contribution in [0.15, 0.2) is 0 Å². The summed E-state index contributed by atoms with van der Waals surface area (Å²) in [5.41, 5.74) is 0. The highest BCUT2D eigenvalue weighted by molar-refractivity contribution is 7.80. The van der Waals surface area contributed by atoms with E-state index in [1.165, 1.54) is 0 Å². The minimum Gasteiger partial charge on any atom is -0.480 e. The lowest BCUT2D eigenvalue weighted by atomic mass is 10.2. The second-order valence-corrected chi connectivity index (χ2v) is 4.55. The molecule has 1 N–H and O–H groups in total. The monoisotopic (exact) mass is 231 g/mol. The van der Waals surface area contributed by atoms with Crippen molar-refractivity contribution in [3.8, 4) is 0 Å². The summed E-state index contributed by atoms with van der Waals surface area (Å²) in [5.74, 6) is -1.65. The van der Waals surface area contributed by atoms with Crippen molar-refractivity contribution in [2.75, 3.05) is 6.54 Å². The van der Waals surface area contributed by atoms with Crippen LogP contribution in [-0.2, 0) is 14.4 Å². The Labute approximate surface area is 92.8 Å². The zero-order chi connectivity index (χ0) is 11.6. The van der Waals surface area contributed by atoms with Crippen LogP contribution >= 0.6 is 12.6 Å². The van der Waals surface area contributed by atoms with Gasteiger partial charge in [0.2, 0.25) is 5.91 Å². The van der Waals surface area contributed by atoms with Crippen molar-refractivity contribution in [2.24, 2.45) is 0 Å². The van der Waals surface area contributed by atoms with Crippen molar-refractivity contribution in [3.05, 3.63) is 0 Å². The van der Waals surface area contributed by atoms with Crippen LogP contribution in [0.25, 0.3) is 0 Å². The molecule has 1 amide bonds. The van der Waals surface area contributed by atoms with Crippen LogP contribution in [0.1, 0.15) is 19.8 Å². The van der Waals surface area contributed by atoms with Crippen molar-refractivity contribution in [3.63, 3.8) is 0 Å². The smallest absolute Gasteiger partial charge is 0.326 e. The summed E-state index contributed by atoms with van der Waals surface area (Å²) in [7, 11) is 0. The van der Waals surface area contributed by atoms with Crippen LogP contribution in [-0.4, -0.2) is 45.5 Å². The lowest BCUT2D eigenvalue weighted by Gasteiger charge is -2.21. The van der Waals surface area contributed by atoms with Gasteiger partial charge in [0, 0.05) is 18.1 Å². The first-order chi connectivity index (χ1) is 6.91. The van der Waals surface area contributed by atoms with Gasteiger partial charge in [0.05, 0.1) is 6.54 Å². The normalized spacial score (nSPS) is 22.9. The van der Waals surface area contributed by atoms with Gasteiger partial charge in [-0.15, -0.1) is 0 Å². The molecule has 6 heteroatoms. The average molecular weight is 231 g/mol. The molecule has 1 saturated heterocycles. The molecule has 5 nitrogen and oxygen atoms in total. The number of carbonyl (C=O) groups excluding carboxylic acids is 2. The predicted octanol–water partition coefficient (Wildman–Crippen LogP) is -0.0506. The number of thiol groups is 1. The Hall–Kier alpha value is -1.04. The zero-order valence-electron chi connectivity index (χ0n) is 8.34. The van der Waals surface area contributed by atoms with E-state index in [-0.39, 0.29) is 36.3 Å². The van der Waals surface area contributed by atoms with E-state index in [0.29, 0.717) is 0 Å². The second kappa shape index (κ2) is 4.65. The fourth-order valence-corrected chi connectivity index (χ4v) is 1.70. The molecule has 1 aliphatic rings. The second-order valence-electron chi connectivity index (χ2n) is 3.67. The first-order valence-electron chi connectivity index (χ1n) is 4.64. The topological polar surface area (TPSA) is 74.7 Å². The highest BCUT2D eigenvalue weighted by atomic mass is 32.1. The highest BCUT2D eigenvalue weighted by Crippen LogP contribution is 2.17. The third-order valence-corrected chi connectivity index (χ3v) is 2.40. The molecule has 0 aromatic carbocycles. The Morgan fingerprint density at radius 2 is 2.27 bits per heavy atom. The number of likely N-dealkylation sites (tertiary alicyclic amines) is 1. The van der Waals surface area contributed by atoms with Crippen LogP contribution in [0, 0.1) is 0 Å². The summed E-state index contributed by atoms with van der Waals surface area (Å²) in [6.45, 7) is 1.66. The number of hydrogen-bond acceptors (Lipinski definition) is 4. The average Bonchev–Trinajstić information content (AvgIpc) is 2.46. The van der Waals surface area contributed by atoms with Crippen molar-refractivity contribution in [1.82, 2.24) is 4.90 Å². The largest absolute Gasteiger partial charge is 0.480 e. The van der Waals surface area contributed by atoms with E-state index in [1.807, 2.05) is 0 Å². The number of carbonyl (C=O) groups is 3. The van der Waals surface area contributed by atoms with Gasteiger partial charge in [-0.3, -0.25) is 9.59 Å². The fourth-order valence-electron chi connectivity index (χ4n) is 1.54. The minimum absolute atomic E-state index is 0.0813. The first kappa shape index (κ1) is 12.0. The van der Waals surface area contributed by atoms with Crippen LogP contribution in [0.4, 0.5) is 0 Å². The van der Waals surface area contributed by atoms with Gasteiger partial charge in [-0.1, -0.05) is 6.92 Å². The summed E-state index contributed by atoms with van der Waals surface area (Å²) >= 11 is 4.05. The molecule has 1 rings (SSSR count). The standard InChI is InChI=1S/C9H13NO4S/c1-5(15)2-8(12)10-4-6(11)3-7(10)9(13)14/h5,7,15H,2-4H2,1H3,(H,13,14)/t5-,7-/m0/s1. The Balaban J connectivity index is 2.70. The van der Waals surface area contributed by atoms with Crippen molar-refractivity contribution in [2.45, 2.75) is 31.1 Å². The molecule has 0 radical (unpaired) electrons. The number of Topliss-reactive ketones (excluding diaryl/α,β-unsaturated/α-hetero) is 1. The van der Waals surface area contributed by atoms with Gasteiger partial charge in [0.1, 0.15) is 6.04 Å². The molecular weight excluding hydrogens is 218 g/mol. The number of amides is 1. The molecule has 1 aliphatic heterocycles. The maximum atomic E-state index is 11.6. The van der Waals surface area contributed by atoms with Crippen LogP contribution in [0.5, 0.6) is 0 Å². The van der Waals surface area contributed by atoms with E-state index in [9.17, 15) is 14.4 Å². The molecule has 2 atom stereocenters. The number of carboxylic acids is 1. The Kier molecular flexibility index (Phi) is 3.73. The Morgan fingerprint density at radius 3 is 2.73 bits per heavy atom. The molecule has 15 heavy (non-hydrogen) atoms. The molecule has 0 bridgehead atoms. The predicted molar refractivity (Wildman–Crippen MR) is 55.8 cm³/mol. The van der Waals surface area contributed by atoms with Crippen molar-refractivity contribution in [1.29, 1.82) is 0 Å². The fraction of sp³-hybridized carbons (Fsp3) is 0.667. The van der Waals surface area contributed by atoms with E-state index in [4.69, 9.17) is 5.11 Å². The van der Waals surface area contributed by atoms with Crippen molar-refractivity contribution < 1.29 is 19.5 Å². The Bertz CT molecular complexity index is 302. The van der Waals surface area contributed by atoms with Crippen LogP contribution in [0.3, 0.4) is 0 Å². The molecule has 0 saturated carbocycles. The van der Waals surface area contributed by atoms with Gasteiger partial charge in [-0.2, -0.15) is 12.6 Å². The van der Waals surface area contributed by atoms with Crippen LogP contribution in [0.2, 0.25) is 0 Å². The number of nitrogens with zero attached hydrogens (tertiary/aromatic N) is 1. The Morgan fingerprint density at radius 1 is 1.67 bits per heavy atom. The summed E-state index contributed by atoms with van der Waals surface area (Å²) < 4.78 is 0. The molecule has 0 aromatic rings. The zero-order valence-corrected chi connectivity index (χ0v) is 9.24. The summed E-state index contributed by atoms with van der Waals surface area (Å²) in [4.78, 5) is 34.6. The lowest BCUT2D eigenvalue weighted by molar-refractivity contribution is -0.148. The SMILES string of the molecule is C[C@H](S)CC(=O)N1CC(=O)C[C@H]1C(=O)O. The highest BCUT2D eigenvalue weighted by Gasteiger charge is 2.38. The maximum absolute atomic E-state index is 11.6. The van der Waals surface area contributed by atoms with Gasteiger partial charge in [0.15, 0.2) is 5.78 Å². The molecule has 0 spiro atoms. The molecule has 1 fully saturated rings. The minimum atomic E-state index is -1.12. The van der Waals surface area contributed by atoms with E-state index >= 15 is 0 Å². The lowest BCUT2D eigenvalue weighted by Crippen LogP contribution is -2.41. The van der Waals surface area contributed by atoms with E-state index < -0.39 is 12.0 Å². The van der Waals surface area contributed by atoms with E-state index in [1.54, 1.807) is 6.92 Å². The van der Waals surface area contributed by atoms with Crippen LogP contribution < -0.4 is 0 Å².